The highest BCUT2D eigenvalue weighted by Crippen LogP contribution is 2.40. The number of hydroxylamine groups is 2. The fourth-order valence-corrected chi connectivity index (χ4v) is 3.85. The zero-order chi connectivity index (χ0) is 21.0. The Morgan fingerprint density at radius 3 is 2.50 bits per heavy atom. The minimum atomic E-state index is -0.759. The summed E-state index contributed by atoms with van der Waals surface area (Å²) in [5.41, 5.74) is 0.944. The van der Waals surface area contributed by atoms with Crippen LogP contribution in [0.1, 0.15) is 43.2 Å². The molecule has 1 heterocycles. The summed E-state index contributed by atoms with van der Waals surface area (Å²) in [6.45, 7) is 0.331. The predicted octanol–water partition coefficient (Wildman–Crippen LogP) is 4.84. The van der Waals surface area contributed by atoms with Crippen LogP contribution in [0.2, 0.25) is 5.02 Å². The molecule has 1 aliphatic heterocycles. The molecule has 1 aliphatic carbocycles. The molecular formula is C22H24ClN3O4. The van der Waals surface area contributed by atoms with Gasteiger partial charge in [-0.1, -0.05) is 35.3 Å². The van der Waals surface area contributed by atoms with Crippen LogP contribution in [0, 0.1) is 0 Å². The van der Waals surface area contributed by atoms with Crippen LogP contribution in [-0.2, 0) is 16.2 Å². The average molecular weight is 430 g/mol. The molecule has 158 valence electrons. The standard InChI is InChI=1S/C22H24ClN3O4/c1-28-19-11-5-16(6-12-19)15-24-21(27)29-26-20(17-7-9-18(23)10-8-17)25-30-22(26)13-3-2-4-14-22/h5-12H,2-4,13-15H2,1H3,(H,24,27). The smallest absolute Gasteiger partial charge is 0.432 e. The molecule has 0 radical (unpaired) electrons. The van der Waals surface area contributed by atoms with E-state index < -0.39 is 11.8 Å². The van der Waals surface area contributed by atoms with Crippen molar-refractivity contribution >= 4 is 23.5 Å². The molecule has 0 bridgehead atoms. The Bertz CT molecular complexity index is 909. The number of hydrogen-bond acceptors (Lipinski definition) is 6. The number of hydrogen-bond donors (Lipinski definition) is 1. The largest absolute Gasteiger partial charge is 0.497 e. The van der Waals surface area contributed by atoms with E-state index in [1.165, 1.54) is 5.06 Å². The second kappa shape index (κ2) is 8.83. The van der Waals surface area contributed by atoms with Gasteiger partial charge in [-0.15, -0.1) is 5.06 Å². The number of amidine groups is 1. The van der Waals surface area contributed by atoms with Crippen molar-refractivity contribution in [3.05, 3.63) is 64.7 Å². The van der Waals surface area contributed by atoms with Crippen LogP contribution in [0.25, 0.3) is 0 Å². The van der Waals surface area contributed by atoms with Crippen LogP contribution >= 0.6 is 11.6 Å². The summed E-state index contributed by atoms with van der Waals surface area (Å²) in [7, 11) is 1.61. The first-order valence-electron chi connectivity index (χ1n) is 10.0. The van der Waals surface area contributed by atoms with E-state index in [4.69, 9.17) is 26.0 Å². The van der Waals surface area contributed by atoms with Crippen LogP contribution in [0.15, 0.2) is 53.7 Å². The van der Waals surface area contributed by atoms with Gasteiger partial charge in [-0.05, 0) is 54.8 Å². The molecule has 4 rings (SSSR count). The molecule has 0 atom stereocenters. The van der Waals surface area contributed by atoms with Crippen molar-refractivity contribution in [2.45, 2.75) is 44.4 Å². The summed E-state index contributed by atoms with van der Waals surface area (Å²) < 4.78 is 5.15. The Hall–Kier alpha value is -2.93. The Balaban J connectivity index is 1.47. The van der Waals surface area contributed by atoms with Crippen molar-refractivity contribution in [2.75, 3.05) is 7.11 Å². The molecule has 2 aromatic rings. The van der Waals surface area contributed by atoms with Gasteiger partial charge in [0.15, 0.2) is 0 Å². The van der Waals surface area contributed by atoms with Gasteiger partial charge >= 0.3 is 6.09 Å². The highest BCUT2D eigenvalue weighted by atomic mass is 35.5. The Labute approximate surface area is 180 Å². The summed E-state index contributed by atoms with van der Waals surface area (Å²) >= 11 is 6.01. The molecule has 0 unspecified atom stereocenters. The molecule has 2 aliphatic rings. The van der Waals surface area contributed by atoms with Crippen molar-refractivity contribution in [1.82, 2.24) is 10.4 Å². The average Bonchev–Trinajstić information content (AvgIpc) is 3.11. The fourth-order valence-electron chi connectivity index (χ4n) is 3.72. The maximum absolute atomic E-state index is 12.6. The maximum Gasteiger partial charge on any atom is 0.432 e. The molecule has 1 N–H and O–H groups in total. The number of carbonyl (C=O) groups is 1. The molecule has 1 fully saturated rings. The Morgan fingerprint density at radius 2 is 1.83 bits per heavy atom. The van der Waals surface area contributed by atoms with Crippen molar-refractivity contribution < 1.29 is 19.2 Å². The lowest BCUT2D eigenvalue weighted by molar-refractivity contribution is -0.226. The first-order chi connectivity index (χ1) is 14.6. The molecule has 2 aromatic carbocycles. The summed E-state index contributed by atoms with van der Waals surface area (Å²) in [4.78, 5) is 24.2. The van der Waals surface area contributed by atoms with Gasteiger partial charge in [0, 0.05) is 30.0 Å². The number of halogens is 1. The molecule has 0 saturated heterocycles. The summed E-state index contributed by atoms with van der Waals surface area (Å²) in [5, 5.41) is 9.20. The zero-order valence-electron chi connectivity index (χ0n) is 16.8. The van der Waals surface area contributed by atoms with Crippen LogP contribution in [0.3, 0.4) is 0 Å². The third-order valence-corrected chi connectivity index (χ3v) is 5.62. The molecule has 1 saturated carbocycles. The first kappa shape index (κ1) is 20.3. The van der Waals surface area contributed by atoms with Crippen LogP contribution in [0.4, 0.5) is 4.79 Å². The second-order valence-electron chi connectivity index (χ2n) is 7.39. The van der Waals surface area contributed by atoms with E-state index in [2.05, 4.69) is 10.5 Å². The Kier molecular flexibility index (Phi) is 5.99. The van der Waals surface area contributed by atoms with Gasteiger partial charge in [0.05, 0.1) is 7.11 Å². The lowest BCUT2D eigenvalue weighted by Crippen LogP contribution is -2.52. The zero-order valence-corrected chi connectivity index (χ0v) is 17.5. The topological polar surface area (TPSA) is 72.4 Å². The summed E-state index contributed by atoms with van der Waals surface area (Å²) in [5.74, 6) is 1.23. The number of methoxy groups -OCH3 is 1. The molecular weight excluding hydrogens is 406 g/mol. The lowest BCUT2D eigenvalue weighted by atomic mass is 9.91. The van der Waals surface area contributed by atoms with E-state index in [-0.39, 0.29) is 0 Å². The number of benzene rings is 2. The monoisotopic (exact) mass is 429 g/mol. The van der Waals surface area contributed by atoms with Crippen LogP contribution < -0.4 is 10.1 Å². The van der Waals surface area contributed by atoms with Crippen molar-refractivity contribution in [3.8, 4) is 5.75 Å². The third-order valence-electron chi connectivity index (χ3n) is 5.37. The summed E-state index contributed by atoms with van der Waals surface area (Å²) in [6, 6.07) is 14.7. The Morgan fingerprint density at radius 1 is 1.13 bits per heavy atom. The van der Waals surface area contributed by atoms with E-state index >= 15 is 0 Å². The maximum atomic E-state index is 12.6. The third kappa shape index (κ3) is 4.31. The quantitative estimate of drug-likeness (QED) is 0.735. The normalized spacial score (nSPS) is 17.3. The lowest BCUT2D eigenvalue weighted by Gasteiger charge is -2.37. The van der Waals surface area contributed by atoms with Crippen LogP contribution in [-0.4, -0.2) is 29.8 Å². The first-order valence-corrected chi connectivity index (χ1v) is 10.4. The van der Waals surface area contributed by atoms with E-state index in [9.17, 15) is 4.79 Å². The van der Waals surface area contributed by atoms with Crippen LogP contribution in [0.5, 0.6) is 5.75 Å². The SMILES string of the molecule is COc1ccc(CNC(=O)ON2C(c3ccc(Cl)cc3)=NOC23CCCCC3)cc1. The molecule has 8 heteroatoms. The number of nitrogens with one attached hydrogen (secondary N) is 1. The van der Waals surface area contributed by atoms with Gasteiger partial charge in [-0.2, -0.15) is 0 Å². The van der Waals surface area contributed by atoms with E-state index in [1.807, 2.05) is 36.4 Å². The number of carbonyl (C=O) groups excluding carboxylic acids is 1. The van der Waals surface area contributed by atoms with E-state index in [0.29, 0.717) is 17.4 Å². The number of oxime groups is 1. The minimum absolute atomic E-state index is 0.331. The van der Waals surface area contributed by atoms with Crippen molar-refractivity contribution in [3.63, 3.8) is 0 Å². The fraction of sp³-hybridized carbons (Fsp3) is 0.364. The van der Waals surface area contributed by atoms with Gasteiger partial charge in [0.2, 0.25) is 11.6 Å². The number of ether oxygens (including phenoxy) is 1. The number of nitrogens with zero attached hydrogens (tertiary/aromatic N) is 2. The number of rotatable bonds is 5. The van der Waals surface area contributed by atoms with E-state index in [1.54, 1.807) is 19.2 Å². The van der Waals surface area contributed by atoms with Gasteiger partial charge in [0.25, 0.3) is 0 Å². The number of amides is 1. The molecule has 1 spiro atoms. The van der Waals surface area contributed by atoms with Crippen molar-refractivity contribution in [2.24, 2.45) is 5.16 Å². The molecule has 30 heavy (non-hydrogen) atoms. The molecule has 1 amide bonds. The highest BCUT2D eigenvalue weighted by molar-refractivity contribution is 6.30. The highest BCUT2D eigenvalue weighted by Gasteiger charge is 2.50. The summed E-state index contributed by atoms with van der Waals surface area (Å²) in [6.07, 6.45) is 3.99. The minimum Gasteiger partial charge on any atom is -0.497 e. The molecule has 0 aromatic heterocycles. The predicted molar refractivity (Wildman–Crippen MR) is 113 cm³/mol. The van der Waals surface area contributed by atoms with Crippen molar-refractivity contribution in [1.29, 1.82) is 0 Å². The second-order valence-corrected chi connectivity index (χ2v) is 7.83. The van der Waals surface area contributed by atoms with E-state index in [0.717, 1.165) is 49.0 Å². The van der Waals surface area contributed by atoms with Gasteiger partial charge in [-0.25, -0.2) is 4.79 Å². The molecule has 7 nitrogen and oxygen atoms in total. The van der Waals surface area contributed by atoms with Gasteiger partial charge in [-0.3, -0.25) is 0 Å². The van der Waals surface area contributed by atoms with Gasteiger partial charge in [0.1, 0.15) is 5.75 Å². The van der Waals surface area contributed by atoms with Gasteiger partial charge < -0.3 is 19.7 Å².